The third kappa shape index (κ3) is 4.94. The SMILES string of the molecule is CC(C)(C)OC(=O)CCCN1CCC(c2ccc3c(c2)-n2c(nc(=O)c4c(Cl)cccc42)C3(C)C)CC1. The molecule has 3 aromatic rings. The lowest BCUT2D eigenvalue weighted by Crippen LogP contribution is -2.34. The average Bonchev–Trinajstić information content (AvgIpc) is 3.04. The number of ether oxygens (including phenoxy) is 1. The maximum atomic E-state index is 12.9. The summed E-state index contributed by atoms with van der Waals surface area (Å²) in [5.41, 5.74) is 3.34. The Morgan fingerprint density at radius 3 is 2.59 bits per heavy atom. The van der Waals surface area contributed by atoms with Crippen molar-refractivity contribution < 1.29 is 9.53 Å². The first-order chi connectivity index (χ1) is 17.5. The van der Waals surface area contributed by atoms with Crippen molar-refractivity contribution in [3.05, 3.63) is 68.7 Å². The predicted molar refractivity (Wildman–Crippen MR) is 148 cm³/mol. The monoisotopic (exact) mass is 521 g/mol. The molecule has 3 heterocycles. The standard InChI is InChI=1S/C30H36ClN3O3/c1-29(2,3)37-25(35)10-7-15-33-16-13-19(14-17-33)20-11-12-21-24(18-20)34-23-9-6-8-22(31)26(23)27(36)32-28(34)30(21,4)5/h6,8-9,11-12,18-19H,7,10,13-17H2,1-5H3. The summed E-state index contributed by atoms with van der Waals surface area (Å²) in [4.78, 5) is 31.8. The molecule has 2 aliphatic rings. The maximum Gasteiger partial charge on any atom is 0.306 e. The molecule has 0 aliphatic carbocycles. The molecule has 1 saturated heterocycles. The second-order valence-electron chi connectivity index (χ2n) is 11.9. The lowest BCUT2D eigenvalue weighted by Gasteiger charge is -2.32. The number of halogens is 1. The number of fused-ring (bicyclic) bond motifs is 5. The molecule has 0 saturated carbocycles. The quantitative estimate of drug-likeness (QED) is 0.386. The number of benzene rings is 2. The van der Waals surface area contributed by atoms with E-state index in [1.54, 1.807) is 6.07 Å². The van der Waals surface area contributed by atoms with Gasteiger partial charge in [0.05, 0.1) is 27.0 Å². The van der Waals surface area contributed by atoms with E-state index in [0.717, 1.165) is 55.9 Å². The Balaban J connectivity index is 1.33. The summed E-state index contributed by atoms with van der Waals surface area (Å²) in [7, 11) is 0. The number of nitrogens with zero attached hydrogens (tertiary/aromatic N) is 3. The Morgan fingerprint density at radius 1 is 1.16 bits per heavy atom. The molecule has 2 aliphatic heterocycles. The molecule has 1 fully saturated rings. The second-order valence-corrected chi connectivity index (χ2v) is 12.3. The van der Waals surface area contributed by atoms with Gasteiger partial charge in [-0.25, -0.2) is 0 Å². The molecule has 1 aromatic heterocycles. The predicted octanol–water partition coefficient (Wildman–Crippen LogP) is 5.98. The molecule has 2 aromatic carbocycles. The van der Waals surface area contributed by atoms with Gasteiger partial charge in [-0.2, -0.15) is 4.98 Å². The maximum absolute atomic E-state index is 12.9. The highest BCUT2D eigenvalue weighted by molar-refractivity contribution is 6.35. The van der Waals surface area contributed by atoms with Crippen LogP contribution in [0.2, 0.25) is 5.02 Å². The van der Waals surface area contributed by atoms with Crippen molar-refractivity contribution >= 4 is 28.5 Å². The van der Waals surface area contributed by atoms with E-state index in [1.165, 1.54) is 11.1 Å². The van der Waals surface area contributed by atoms with Crippen LogP contribution in [0.25, 0.3) is 16.6 Å². The first-order valence-corrected chi connectivity index (χ1v) is 13.6. The molecule has 0 amide bonds. The zero-order chi connectivity index (χ0) is 26.5. The van der Waals surface area contributed by atoms with Gasteiger partial charge >= 0.3 is 5.97 Å². The van der Waals surface area contributed by atoms with Gasteiger partial charge in [-0.3, -0.25) is 14.2 Å². The van der Waals surface area contributed by atoms with Crippen LogP contribution in [0, 0.1) is 0 Å². The molecule has 0 unspecified atom stereocenters. The van der Waals surface area contributed by atoms with Crippen molar-refractivity contribution in [2.75, 3.05) is 19.6 Å². The number of aromatic nitrogens is 2. The summed E-state index contributed by atoms with van der Waals surface area (Å²) in [5.74, 6) is 1.12. The average molecular weight is 522 g/mol. The minimum atomic E-state index is -0.425. The van der Waals surface area contributed by atoms with Crippen LogP contribution in [-0.4, -0.2) is 45.7 Å². The zero-order valence-electron chi connectivity index (χ0n) is 22.4. The molecular weight excluding hydrogens is 486 g/mol. The van der Waals surface area contributed by atoms with E-state index in [2.05, 4.69) is 46.5 Å². The summed E-state index contributed by atoms with van der Waals surface area (Å²) in [6.45, 7) is 12.9. The van der Waals surface area contributed by atoms with Gasteiger partial charge < -0.3 is 9.64 Å². The number of carbonyl (C=O) groups is 1. The highest BCUT2D eigenvalue weighted by Gasteiger charge is 2.39. The third-order valence-corrected chi connectivity index (χ3v) is 8.01. The van der Waals surface area contributed by atoms with E-state index in [0.29, 0.717) is 22.7 Å². The highest BCUT2D eigenvalue weighted by Crippen LogP contribution is 2.44. The number of hydrogen-bond donors (Lipinski definition) is 0. The highest BCUT2D eigenvalue weighted by atomic mass is 35.5. The van der Waals surface area contributed by atoms with Crippen LogP contribution >= 0.6 is 11.6 Å². The van der Waals surface area contributed by atoms with Crippen LogP contribution in [-0.2, 0) is 14.9 Å². The molecule has 6 nitrogen and oxygen atoms in total. The smallest absolute Gasteiger partial charge is 0.306 e. The number of rotatable bonds is 5. The molecule has 37 heavy (non-hydrogen) atoms. The molecule has 5 rings (SSSR count). The number of carbonyl (C=O) groups excluding carboxylic acids is 1. The number of esters is 1. The van der Waals surface area contributed by atoms with E-state index < -0.39 is 5.60 Å². The lowest BCUT2D eigenvalue weighted by molar-refractivity contribution is -0.155. The van der Waals surface area contributed by atoms with E-state index >= 15 is 0 Å². The van der Waals surface area contributed by atoms with Gasteiger partial charge in [0.1, 0.15) is 11.4 Å². The van der Waals surface area contributed by atoms with Crippen LogP contribution in [0.4, 0.5) is 0 Å². The number of hydrogen-bond acceptors (Lipinski definition) is 5. The minimum Gasteiger partial charge on any atom is -0.460 e. The summed E-state index contributed by atoms with van der Waals surface area (Å²) >= 11 is 6.43. The Morgan fingerprint density at radius 2 is 1.89 bits per heavy atom. The zero-order valence-corrected chi connectivity index (χ0v) is 23.2. The van der Waals surface area contributed by atoms with Gasteiger partial charge in [-0.15, -0.1) is 0 Å². The molecule has 0 spiro atoms. The fraction of sp³-hybridized carbons (Fsp3) is 0.500. The van der Waals surface area contributed by atoms with Crippen molar-refractivity contribution in [2.45, 2.75) is 77.2 Å². The van der Waals surface area contributed by atoms with Gasteiger partial charge in [-0.05, 0) is 109 Å². The second kappa shape index (κ2) is 9.55. The summed E-state index contributed by atoms with van der Waals surface area (Å²) in [5, 5.41) is 0.911. The van der Waals surface area contributed by atoms with Crippen LogP contribution in [0.3, 0.4) is 0 Å². The normalized spacial score (nSPS) is 17.6. The molecule has 196 valence electrons. The summed E-state index contributed by atoms with van der Waals surface area (Å²) in [6, 6.07) is 12.4. The summed E-state index contributed by atoms with van der Waals surface area (Å²) in [6.07, 6.45) is 3.45. The topological polar surface area (TPSA) is 64.4 Å². The van der Waals surface area contributed by atoms with Crippen LogP contribution < -0.4 is 5.56 Å². The lowest BCUT2D eigenvalue weighted by atomic mass is 9.83. The fourth-order valence-corrected chi connectivity index (χ4v) is 6.11. The van der Waals surface area contributed by atoms with Crippen molar-refractivity contribution in [1.29, 1.82) is 0 Å². The van der Waals surface area contributed by atoms with Crippen molar-refractivity contribution in [3.8, 4) is 5.69 Å². The van der Waals surface area contributed by atoms with E-state index in [4.69, 9.17) is 16.3 Å². The van der Waals surface area contributed by atoms with Crippen LogP contribution in [0.15, 0.2) is 41.2 Å². The Kier molecular flexibility index (Phi) is 6.70. The summed E-state index contributed by atoms with van der Waals surface area (Å²) < 4.78 is 7.56. The number of piperidine rings is 1. The Labute approximate surface area is 223 Å². The van der Waals surface area contributed by atoms with Gasteiger partial charge in [0, 0.05) is 6.42 Å². The van der Waals surface area contributed by atoms with Crippen LogP contribution in [0.5, 0.6) is 0 Å². The van der Waals surface area contributed by atoms with Crippen molar-refractivity contribution in [1.82, 2.24) is 14.5 Å². The van der Waals surface area contributed by atoms with Gasteiger partial charge in [0.25, 0.3) is 5.56 Å². The van der Waals surface area contributed by atoms with Gasteiger partial charge in [0.15, 0.2) is 0 Å². The molecule has 0 radical (unpaired) electrons. The first kappa shape index (κ1) is 25.9. The molecule has 0 N–H and O–H groups in total. The molecular formula is C30H36ClN3O3. The van der Waals surface area contributed by atoms with E-state index in [1.807, 2.05) is 32.9 Å². The Hall–Kier alpha value is -2.70. The largest absolute Gasteiger partial charge is 0.460 e. The first-order valence-electron chi connectivity index (χ1n) is 13.3. The van der Waals surface area contributed by atoms with Crippen molar-refractivity contribution in [2.24, 2.45) is 0 Å². The van der Waals surface area contributed by atoms with Gasteiger partial charge in [-0.1, -0.05) is 29.8 Å². The molecule has 0 bridgehead atoms. The fourth-order valence-electron chi connectivity index (χ4n) is 5.86. The van der Waals surface area contributed by atoms with E-state index in [9.17, 15) is 9.59 Å². The number of likely N-dealkylation sites (tertiary alicyclic amines) is 1. The molecule has 7 heteroatoms. The van der Waals surface area contributed by atoms with Crippen LogP contribution in [0.1, 0.15) is 83.2 Å². The third-order valence-electron chi connectivity index (χ3n) is 7.69. The van der Waals surface area contributed by atoms with E-state index in [-0.39, 0.29) is 16.9 Å². The van der Waals surface area contributed by atoms with Gasteiger partial charge in [0.2, 0.25) is 0 Å². The van der Waals surface area contributed by atoms with Crippen molar-refractivity contribution in [3.63, 3.8) is 0 Å². The molecule has 0 atom stereocenters. The Bertz CT molecular complexity index is 1410. The minimum absolute atomic E-state index is 0.117.